The fourth-order valence-corrected chi connectivity index (χ4v) is 4.32. The van der Waals surface area contributed by atoms with Crippen LogP contribution in [0.3, 0.4) is 0 Å². The monoisotopic (exact) mass is 400 g/mol. The van der Waals surface area contributed by atoms with E-state index < -0.39 is 15.3 Å². The minimum atomic E-state index is -3.49. The van der Waals surface area contributed by atoms with Gasteiger partial charge in [0.1, 0.15) is 5.82 Å². The van der Waals surface area contributed by atoms with E-state index in [-0.39, 0.29) is 22.2 Å². The molecule has 8 nitrogen and oxygen atoms in total. The molecule has 2 heterocycles. The predicted molar refractivity (Wildman–Crippen MR) is 107 cm³/mol. The van der Waals surface area contributed by atoms with Gasteiger partial charge in [-0.2, -0.15) is 0 Å². The Morgan fingerprint density at radius 3 is 2.57 bits per heavy atom. The summed E-state index contributed by atoms with van der Waals surface area (Å²) >= 11 is 0. The third-order valence-corrected chi connectivity index (χ3v) is 6.28. The smallest absolute Gasteiger partial charge is 0.234 e. The van der Waals surface area contributed by atoms with Crippen molar-refractivity contribution in [1.82, 2.24) is 9.97 Å². The van der Waals surface area contributed by atoms with Crippen molar-refractivity contribution in [3.8, 4) is 17.1 Å². The van der Waals surface area contributed by atoms with E-state index in [4.69, 9.17) is 10.5 Å². The molecule has 0 radical (unpaired) electrons. The fourth-order valence-electron chi connectivity index (χ4n) is 3.52. The number of nitrogen functional groups attached to an aromatic ring is 1. The maximum absolute atomic E-state index is 12.2. The number of nitrogens with zero attached hydrogens (tertiary/aromatic N) is 1. The number of H-pyrrole nitrogens is 1. The summed E-state index contributed by atoms with van der Waals surface area (Å²) in [5.74, 6) is 0.677. The third-order valence-electron chi connectivity index (χ3n) is 5.13. The first kappa shape index (κ1) is 18.3. The number of fused-ring (bicyclic) bond motifs is 2. The molecule has 4 rings (SSSR count). The minimum absolute atomic E-state index is 0.00708. The summed E-state index contributed by atoms with van der Waals surface area (Å²) < 4.78 is 29.2. The zero-order valence-electron chi connectivity index (χ0n) is 15.9. The van der Waals surface area contributed by atoms with Gasteiger partial charge in [-0.25, -0.2) is 13.4 Å². The van der Waals surface area contributed by atoms with Crippen LogP contribution in [0.5, 0.6) is 5.75 Å². The summed E-state index contributed by atoms with van der Waals surface area (Å²) in [5, 5.41) is 2.88. The van der Waals surface area contributed by atoms with E-state index in [1.165, 1.54) is 13.2 Å². The SMILES string of the molecule is COc1c(-c2nc3cc4c(cc3[nH]2)C(C)(C)C(=O)N4)ccc(S(C)(=O)=O)c1N. The summed E-state index contributed by atoms with van der Waals surface area (Å²) in [4.78, 5) is 20.0. The third kappa shape index (κ3) is 2.54. The Labute approximate surface area is 162 Å². The number of hydrogen-bond acceptors (Lipinski definition) is 6. The first-order valence-electron chi connectivity index (χ1n) is 8.56. The van der Waals surface area contributed by atoms with E-state index >= 15 is 0 Å². The number of amides is 1. The molecule has 9 heteroatoms. The largest absolute Gasteiger partial charge is 0.494 e. The van der Waals surface area contributed by atoms with Crippen molar-refractivity contribution >= 4 is 38.2 Å². The van der Waals surface area contributed by atoms with Gasteiger partial charge in [0.2, 0.25) is 5.91 Å². The number of carbonyl (C=O) groups excluding carboxylic acids is 1. The standard InChI is InChI=1S/C19H20N4O4S/c1-19(2)10-7-12-13(8-11(10)23-18(19)24)22-17(21-12)9-5-6-14(28(4,25)26)15(20)16(9)27-3/h5-8H,20H2,1-4H3,(H,21,22)(H,23,24). The molecule has 2 aromatic carbocycles. The zero-order chi connectivity index (χ0) is 20.4. The van der Waals surface area contributed by atoms with Crippen molar-refractivity contribution in [3.63, 3.8) is 0 Å². The number of anilines is 2. The highest BCUT2D eigenvalue weighted by atomic mass is 32.2. The molecule has 0 fully saturated rings. The number of imidazole rings is 1. The molecule has 1 aliphatic rings. The predicted octanol–water partition coefficient (Wildman–Crippen LogP) is 2.45. The van der Waals surface area contributed by atoms with Crippen LogP contribution in [0.25, 0.3) is 22.4 Å². The molecule has 28 heavy (non-hydrogen) atoms. The van der Waals surface area contributed by atoms with Crippen molar-refractivity contribution in [2.45, 2.75) is 24.2 Å². The van der Waals surface area contributed by atoms with Gasteiger partial charge < -0.3 is 20.8 Å². The van der Waals surface area contributed by atoms with Gasteiger partial charge in [0, 0.05) is 11.9 Å². The number of aromatic nitrogens is 2. The van der Waals surface area contributed by atoms with Crippen LogP contribution >= 0.6 is 0 Å². The molecular weight excluding hydrogens is 380 g/mol. The maximum Gasteiger partial charge on any atom is 0.234 e. The number of rotatable bonds is 3. The van der Waals surface area contributed by atoms with Gasteiger partial charge in [-0.1, -0.05) is 0 Å². The molecule has 0 saturated carbocycles. The summed E-state index contributed by atoms with van der Waals surface area (Å²) in [6.07, 6.45) is 1.09. The lowest BCUT2D eigenvalue weighted by atomic mass is 9.86. The second kappa shape index (κ2) is 5.71. The van der Waals surface area contributed by atoms with E-state index in [0.717, 1.165) is 23.0 Å². The number of ether oxygens (including phenoxy) is 1. The van der Waals surface area contributed by atoms with E-state index in [0.29, 0.717) is 16.9 Å². The Morgan fingerprint density at radius 1 is 1.21 bits per heavy atom. The first-order chi connectivity index (χ1) is 13.0. The van der Waals surface area contributed by atoms with E-state index in [1.54, 1.807) is 6.07 Å². The molecule has 0 aliphatic carbocycles. The number of aromatic amines is 1. The van der Waals surface area contributed by atoms with E-state index in [2.05, 4.69) is 15.3 Å². The lowest BCUT2D eigenvalue weighted by Crippen LogP contribution is -2.26. The molecule has 4 N–H and O–H groups in total. The minimum Gasteiger partial charge on any atom is -0.494 e. The molecule has 3 aromatic rings. The molecule has 0 unspecified atom stereocenters. The van der Waals surface area contributed by atoms with E-state index in [9.17, 15) is 13.2 Å². The lowest BCUT2D eigenvalue weighted by Gasteiger charge is -2.14. The van der Waals surface area contributed by atoms with Gasteiger partial charge in [0.25, 0.3) is 0 Å². The summed E-state index contributed by atoms with van der Waals surface area (Å²) in [6, 6.07) is 6.78. The van der Waals surface area contributed by atoms with Crippen LogP contribution in [0.4, 0.5) is 11.4 Å². The Bertz CT molecular complexity index is 1260. The topological polar surface area (TPSA) is 127 Å². The van der Waals surface area contributed by atoms with Crippen LogP contribution in [0.2, 0.25) is 0 Å². The average Bonchev–Trinajstić information content (AvgIpc) is 3.10. The highest BCUT2D eigenvalue weighted by molar-refractivity contribution is 7.90. The lowest BCUT2D eigenvalue weighted by molar-refractivity contribution is -0.119. The van der Waals surface area contributed by atoms with Gasteiger partial charge in [0.15, 0.2) is 15.6 Å². The molecule has 0 atom stereocenters. The number of benzene rings is 2. The molecular formula is C19H20N4O4S. The van der Waals surface area contributed by atoms with Gasteiger partial charge in [-0.3, -0.25) is 4.79 Å². The zero-order valence-corrected chi connectivity index (χ0v) is 16.7. The first-order valence-corrected chi connectivity index (χ1v) is 10.5. The van der Waals surface area contributed by atoms with E-state index in [1.807, 2.05) is 26.0 Å². The Kier molecular flexibility index (Phi) is 3.73. The number of methoxy groups -OCH3 is 1. The molecule has 1 amide bonds. The van der Waals surface area contributed by atoms with Crippen molar-refractivity contribution in [2.75, 3.05) is 24.4 Å². The highest BCUT2D eigenvalue weighted by Crippen LogP contribution is 2.41. The normalized spacial score (nSPS) is 15.5. The molecule has 1 aromatic heterocycles. The van der Waals surface area contributed by atoms with Crippen LogP contribution in [0.1, 0.15) is 19.4 Å². The Morgan fingerprint density at radius 2 is 1.93 bits per heavy atom. The molecule has 0 saturated heterocycles. The summed E-state index contributed by atoms with van der Waals surface area (Å²) in [5.41, 5.74) is 9.05. The van der Waals surface area contributed by atoms with Crippen LogP contribution in [0, 0.1) is 0 Å². The van der Waals surface area contributed by atoms with Crippen LogP contribution in [0.15, 0.2) is 29.2 Å². The van der Waals surface area contributed by atoms with Crippen molar-refractivity contribution < 1.29 is 17.9 Å². The van der Waals surface area contributed by atoms with Crippen LogP contribution < -0.4 is 15.8 Å². The summed E-state index contributed by atoms with van der Waals surface area (Å²) in [6.45, 7) is 3.73. The van der Waals surface area contributed by atoms with Crippen LogP contribution in [-0.2, 0) is 20.0 Å². The molecule has 0 spiro atoms. The van der Waals surface area contributed by atoms with Crippen molar-refractivity contribution in [1.29, 1.82) is 0 Å². The second-order valence-corrected chi connectivity index (χ2v) is 9.39. The van der Waals surface area contributed by atoms with Crippen LogP contribution in [-0.4, -0.2) is 37.7 Å². The number of carbonyl (C=O) groups is 1. The number of nitrogens with two attached hydrogens (primary N) is 1. The van der Waals surface area contributed by atoms with Crippen molar-refractivity contribution in [2.24, 2.45) is 0 Å². The number of sulfone groups is 1. The molecule has 0 bridgehead atoms. The average molecular weight is 400 g/mol. The quantitative estimate of drug-likeness (QED) is 0.580. The summed E-state index contributed by atoms with van der Waals surface area (Å²) in [7, 11) is -2.06. The van der Waals surface area contributed by atoms with Gasteiger partial charge in [-0.05, 0) is 43.7 Å². The van der Waals surface area contributed by atoms with Crippen molar-refractivity contribution in [3.05, 3.63) is 29.8 Å². The molecule has 1 aliphatic heterocycles. The fraction of sp³-hybridized carbons (Fsp3) is 0.263. The van der Waals surface area contributed by atoms with Gasteiger partial charge in [-0.15, -0.1) is 0 Å². The second-order valence-electron chi connectivity index (χ2n) is 7.41. The Hall–Kier alpha value is -3.07. The highest BCUT2D eigenvalue weighted by Gasteiger charge is 2.38. The van der Waals surface area contributed by atoms with Gasteiger partial charge >= 0.3 is 0 Å². The van der Waals surface area contributed by atoms with Gasteiger partial charge in [0.05, 0.1) is 39.7 Å². The number of hydrogen-bond donors (Lipinski definition) is 3. The maximum atomic E-state index is 12.2. The number of nitrogens with one attached hydrogen (secondary N) is 2. The Balaban J connectivity index is 1.90. The molecule has 146 valence electrons.